The number of carbonyl (C=O) groups excluding carboxylic acids is 1. The molecule has 0 bridgehead atoms. The third-order valence-corrected chi connectivity index (χ3v) is 2.67. The van der Waals surface area contributed by atoms with E-state index in [0.717, 1.165) is 0 Å². The maximum Gasteiger partial charge on any atom is 0.413 e. The molecule has 0 fully saturated rings. The molecular formula is C14H24N4O2. The predicted molar refractivity (Wildman–Crippen MR) is 79.8 cm³/mol. The summed E-state index contributed by atoms with van der Waals surface area (Å²) in [6, 6.07) is 1.96. The summed E-state index contributed by atoms with van der Waals surface area (Å²) in [5, 5.41) is 5.85. The third kappa shape index (κ3) is 5.86. The van der Waals surface area contributed by atoms with E-state index in [2.05, 4.69) is 41.4 Å². The van der Waals surface area contributed by atoms with Crippen molar-refractivity contribution >= 4 is 17.7 Å². The number of rotatable bonds is 4. The Labute approximate surface area is 120 Å². The Bertz CT molecular complexity index is 455. The summed E-state index contributed by atoms with van der Waals surface area (Å²) in [6.45, 7) is 11.8. The second-order valence-electron chi connectivity index (χ2n) is 6.09. The second kappa shape index (κ2) is 6.54. The van der Waals surface area contributed by atoms with Gasteiger partial charge in [0.1, 0.15) is 23.6 Å². The van der Waals surface area contributed by atoms with E-state index in [1.165, 1.54) is 6.33 Å². The molecule has 2 N–H and O–H groups in total. The third-order valence-electron chi connectivity index (χ3n) is 2.67. The van der Waals surface area contributed by atoms with Crippen LogP contribution in [0.3, 0.4) is 0 Å². The molecule has 1 aromatic rings. The monoisotopic (exact) mass is 280 g/mol. The van der Waals surface area contributed by atoms with Crippen molar-refractivity contribution in [1.29, 1.82) is 0 Å². The molecule has 6 heteroatoms. The largest absolute Gasteiger partial charge is 0.444 e. The standard InChI is InChI=1S/C14H24N4O2/c1-9(2)10(3)17-11-7-12(16-8-15-11)18-13(19)20-14(4,5)6/h7-10H,1-6H3,(H2,15,16,17,18,19). The van der Waals surface area contributed by atoms with Crippen molar-refractivity contribution in [3.63, 3.8) is 0 Å². The molecule has 0 aliphatic rings. The highest BCUT2D eigenvalue weighted by Crippen LogP contribution is 2.14. The lowest BCUT2D eigenvalue weighted by molar-refractivity contribution is 0.0635. The van der Waals surface area contributed by atoms with E-state index in [9.17, 15) is 4.79 Å². The number of aromatic nitrogens is 2. The van der Waals surface area contributed by atoms with E-state index in [4.69, 9.17) is 4.74 Å². The fourth-order valence-electron chi connectivity index (χ4n) is 1.31. The van der Waals surface area contributed by atoms with Crippen LogP contribution in [0.25, 0.3) is 0 Å². The van der Waals surface area contributed by atoms with Crippen LogP contribution in [0.2, 0.25) is 0 Å². The van der Waals surface area contributed by atoms with Gasteiger partial charge in [-0.15, -0.1) is 0 Å². The summed E-state index contributed by atoms with van der Waals surface area (Å²) >= 11 is 0. The molecule has 0 radical (unpaired) electrons. The number of carbonyl (C=O) groups is 1. The highest BCUT2D eigenvalue weighted by molar-refractivity contribution is 5.84. The van der Waals surface area contributed by atoms with Gasteiger partial charge < -0.3 is 10.1 Å². The van der Waals surface area contributed by atoms with E-state index in [1.807, 2.05) is 20.8 Å². The maximum absolute atomic E-state index is 11.7. The first kappa shape index (κ1) is 16.2. The summed E-state index contributed by atoms with van der Waals surface area (Å²) in [5.74, 6) is 1.56. The van der Waals surface area contributed by atoms with Crippen LogP contribution in [0.1, 0.15) is 41.5 Å². The summed E-state index contributed by atoms with van der Waals surface area (Å²) < 4.78 is 5.17. The van der Waals surface area contributed by atoms with Crippen molar-refractivity contribution in [2.24, 2.45) is 5.92 Å². The van der Waals surface area contributed by atoms with Gasteiger partial charge in [0.15, 0.2) is 0 Å². The SMILES string of the molecule is CC(C)C(C)Nc1cc(NC(=O)OC(C)(C)C)ncn1. The van der Waals surface area contributed by atoms with Crippen LogP contribution in [0.15, 0.2) is 12.4 Å². The van der Waals surface area contributed by atoms with Crippen LogP contribution in [0, 0.1) is 5.92 Å². The van der Waals surface area contributed by atoms with Crippen LogP contribution in [-0.2, 0) is 4.74 Å². The minimum Gasteiger partial charge on any atom is -0.444 e. The number of nitrogens with one attached hydrogen (secondary N) is 2. The minimum atomic E-state index is -0.537. The molecule has 20 heavy (non-hydrogen) atoms. The van der Waals surface area contributed by atoms with E-state index in [1.54, 1.807) is 6.07 Å². The zero-order valence-corrected chi connectivity index (χ0v) is 13.0. The van der Waals surface area contributed by atoms with E-state index >= 15 is 0 Å². The molecule has 1 atom stereocenters. The smallest absolute Gasteiger partial charge is 0.413 e. The fourth-order valence-corrected chi connectivity index (χ4v) is 1.31. The summed E-state index contributed by atoms with van der Waals surface area (Å²) in [6.07, 6.45) is 0.876. The summed E-state index contributed by atoms with van der Waals surface area (Å²) in [5.41, 5.74) is -0.537. The van der Waals surface area contributed by atoms with Gasteiger partial charge in [-0.1, -0.05) is 13.8 Å². The van der Waals surface area contributed by atoms with E-state index in [-0.39, 0.29) is 6.04 Å². The lowest BCUT2D eigenvalue weighted by Gasteiger charge is -2.20. The minimum absolute atomic E-state index is 0.277. The van der Waals surface area contributed by atoms with Crippen LogP contribution in [0.5, 0.6) is 0 Å². The van der Waals surface area contributed by atoms with Gasteiger partial charge in [0.25, 0.3) is 0 Å². The molecule has 1 rings (SSSR count). The first-order chi connectivity index (χ1) is 9.17. The van der Waals surface area contributed by atoms with Crippen LogP contribution in [-0.4, -0.2) is 27.7 Å². The molecule has 6 nitrogen and oxygen atoms in total. The van der Waals surface area contributed by atoms with Gasteiger partial charge in [0, 0.05) is 12.1 Å². The Morgan fingerprint density at radius 1 is 1.20 bits per heavy atom. The average Bonchev–Trinajstić information content (AvgIpc) is 2.26. The second-order valence-corrected chi connectivity index (χ2v) is 6.09. The lowest BCUT2D eigenvalue weighted by Crippen LogP contribution is -2.27. The number of nitrogens with zero attached hydrogens (tertiary/aromatic N) is 2. The average molecular weight is 280 g/mol. The number of amides is 1. The van der Waals surface area contributed by atoms with Crippen molar-refractivity contribution in [2.45, 2.75) is 53.2 Å². The Hall–Kier alpha value is -1.85. The number of hydrogen-bond donors (Lipinski definition) is 2. The van der Waals surface area contributed by atoms with Crippen LogP contribution < -0.4 is 10.6 Å². The van der Waals surface area contributed by atoms with E-state index in [0.29, 0.717) is 17.6 Å². The number of hydrogen-bond acceptors (Lipinski definition) is 5. The summed E-state index contributed by atoms with van der Waals surface area (Å²) in [7, 11) is 0. The quantitative estimate of drug-likeness (QED) is 0.885. The lowest BCUT2D eigenvalue weighted by atomic mass is 10.1. The fraction of sp³-hybridized carbons (Fsp3) is 0.643. The molecular weight excluding hydrogens is 256 g/mol. The molecule has 0 saturated heterocycles. The van der Waals surface area contributed by atoms with Gasteiger partial charge >= 0.3 is 6.09 Å². The zero-order valence-electron chi connectivity index (χ0n) is 13.0. The van der Waals surface area contributed by atoms with Gasteiger partial charge in [0.2, 0.25) is 0 Å². The molecule has 0 aliphatic heterocycles. The molecule has 0 aliphatic carbocycles. The Morgan fingerprint density at radius 3 is 2.35 bits per heavy atom. The normalized spacial score (nSPS) is 12.9. The first-order valence-electron chi connectivity index (χ1n) is 6.76. The van der Waals surface area contributed by atoms with Gasteiger partial charge in [-0.05, 0) is 33.6 Å². The van der Waals surface area contributed by atoms with Crippen LogP contribution >= 0.6 is 0 Å². The number of anilines is 2. The topological polar surface area (TPSA) is 76.1 Å². The van der Waals surface area contributed by atoms with Gasteiger partial charge in [-0.25, -0.2) is 14.8 Å². The predicted octanol–water partition coefficient (Wildman–Crippen LogP) is 3.28. The molecule has 1 unspecified atom stereocenters. The first-order valence-corrected chi connectivity index (χ1v) is 6.76. The Balaban J connectivity index is 2.66. The molecule has 0 spiro atoms. The number of ether oxygens (including phenoxy) is 1. The maximum atomic E-state index is 11.7. The molecule has 112 valence electrons. The van der Waals surface area contributed by atoms with E-state index < -0.39 is 11.7 Å². The van der Waals surface area contributed by atoms with Gasteiger partial charge in [-0.2, -0.15) is 0 Å². The van der Waals surface area contributed by atoms with Crippen molar-refractivity contribution in [3.8, 4) is 0 Å². The molecule has 1 amide bonds. The molecule has 0 saturated carbocycles. The van der Waals surface area contributed by atoms with Crippen molar-refractivity contribution in [3.05, 3.63) is 12.4 Å². The van der Waals surface area contributed by atoms with Gasteiger partial charge in [0.05, 0.1) is 0 Å². The molecule has 1 aromatic heterocycles. The highest BCUT2D eigenvalue weighted by Gasteiger charge is 2.17. The van der Waals surface area contributed by atoms with Gasteiger partial charge in [-0.3, -0.25) is 5.32 Å². The zero-order chi connectivity index (χ0) is 15.3. The molecule has 0 aromatic carbocycles. The summed E-state index contributed by atoms with van der Waals surface area (Å²) in [4.78, 5) is 19.8. The van der Waals surface area contributed by atoms with Crippen molar-refractivity contribution < 1.29 is 9.53 Å². The Morgan fingerprint density at radius 2 is 1.80 bits per heavy atom. The van der Waals surface area contributed by atoms with Crippen LogP contribution in [0.4, 0.5) is 16.4 Å². The van der Waals surface area contributed by atoms with Crippen molar-refractivity contribution in [1.82, 2.24) is 9.97 Å². The van der Waals surface area contributed by atoms with Crippen molar-refractivity contribution in [2.75, 3.05) is 10.6 Å². The highest BCUT2D eigenvalue weighted by atomic mass is 16.6. The Kier molecular flexibility index (Phi) is 5.30. The molecule has 1 heterocycles.